The zero-order valence-corrected chi connectivity index (χ0v) is 11.2. The van der Waals surface area contributed by atoms with Crippen molar-refractivity contribution in [2.45, 2.75) is 51.1 Å². The zero-order chi connectivity index (χ0) is 13.0. The smallest absolute Gasteiger partial charge is 0.247 e. The Labute approximate surface area is 113 Å². The van der Waals surface area contributed by atoms with Crippen molar-refractivity contribution in [3.63, 3.8) is 0 Å². The van der Waals surface area contributed by atoms with E-state index in [0.29, 0.717) is 12.0 Å². The van der Waals surface area contributed by atoms with E-state index in [-0.39, 0.29) is 11.9 Å². The number of anilines is 2. The zero-order valence-electron chi connectivity index (χ0n) is 11.2. The van der Waals surface area contributed by atoms with Gasteiger partial charge in [0.1, 0.15) is 6.04 Å². The van der Waals surface area contributed by atoms with Gasteiger partial charge >= 0.3 is 0 Å². The molecule has 19 heavy (non-hydrogen) atoms. The predicted molar refractivity (Wildman–Crippen MR) is 74.2 cm³/mol. The third-order valence-corrected chi connectivity index (χ3v) is 4.90. The highest BCUT2D eigenvalue weighted by Crippen LogP contribution is 2.45. The summed E-state index contributed by atoms with van der Waals surface area (Å²) in [7, 11) is 0. The standard InChI is InChI=1S/C15H19N3O/c1-9-6-11-14(16-8-9)18-12-5-3-2-4-10(12)7-13(18)15(19)17-11/h6,8,10,12-13H,2-5,7H2,1H3,(H,17,19). The molecule has 2 fully saturated rings. The first-order chi connectivity index (χ1) is 9.24. The lowest BCUT2D eigenvalue weighted by molar-refractivity contribution is -0.117. The molecule has 100 valence electrons. The lowest BCUT2D eigenvalue weighted by Gasteiger charge is -2.38. The molecule has 0 aromatic carbocycles. The molecule has 3 atom stereocenters. The van der Waals surface area contributed by atoms with E-state index in [1.165, 1.54) is 25.7 Å². The molecule has 1 aliphatic carbocycles. The van der Waals surface area contributed by atoms with E-state index in [1.54, 1.807) is 0 Å². The maximum atomic E-state index is 12.3. The highest BCUT2D eigenvalue weighted by molar-refractivity contribution is 6.03. The predicted octanol–water partition coefficient (Wildman–Crippen LogP) is 2.48. The van der Waals surface area contributed by atoms with E-state index in [2.05, 4.69) is 15.2 Å². The van der Waals surface area contributed by atoms with E-state index in [9.17, 15) is 4.79 Å². The fraction of sp³-hybridized carbons (Fsp3) is 0.600. The second-order valence-electron chi connectivity index (χ2n) is 6.14. The number of nitrogens with one attached hydrogen (secondary N) is 1. The van der Waals surface area contributed by atoms with Crippen LogP contribution in [0.2, 0.25) is 0 Å². The first-order valence-electron chi connectivity index (χ1n) is 7.30. The molecule has 0 spiro atoms. The minimum absolute atomic E-state index is 0.0100. The first-order valence-corrected chi connectivity index (χ1v) is 7.30. The molecule has 1 aromatic rings. The molecule has 1 saturated heterocycles. The molecule has 3 aliphatic rings. The number of hydrogen-bond donors (Lipinski definition) is 1. The molecule has 3 unspecified atom stereocenters. The van der Waals surface area contributed by atoms with Crippen LogP contribution < -0.4 is 10.2 Å². The Morgan fingerprint density at radius 2 is 2.21 bits per heavy atom. The summed E-state index contributed by atoms with van der Waals surface area (Å²) in [6, 6.07) is 2.57. The van der Waals surface area contributed by atoms with Crippen LogP contribution in [0.4, 0.5) is 11.5 Å². The lowest BCUT2D eigenvalue weighted by Crippen LogP contribution is -2.48. The molecule has 3 heterocycles. The van der Waals surface area contributed by atoms with Crippen LogP contribution >= 0.6 is 0 Å². The second-order valence-corrected chi connectivity index (χ2v) is 6.14. The maximum absolute atomic E-state index is 12.3. The molecule has 4 rings (SSSR count). The fourth-order valence-electron chi connectivity index (χ4n) is 4.07. The molecule has 1 N–H and O–H groups in total. The van der Waals surface area contributed by atoms with Crippen LogP contribution in [0, 0.1) is 12.8 Å². The Bertz CT molecular complexity index is 542. The van der Waals surface area contributed by atoms with Gasteiger partial charge in [-0.3, -0.25) is 4.79 Å². The van der Waals surface area contributed by atoms with E-state index in [4.69, 9.17) is 0 Å². The minimum atomic E-state index is 0.0100. The number of pyridine rings is 1. The largest absolute Gasteiger partial charge is 0.340 e. The van der Waals surface area contributed by atoms with E-state index in [1.807, 2.05) is 19.2 Å². The van der Waals surface area contributed by atoms with Gasteiger partial charge in [-0.1, -0.05) is 12.8 Å². The Morgan fingerprint density at radius 3 is 3.11 bits per heavy atom. The maximum Gasteiger partial charge on any atom is 0.247 e. The number of hydrogen-bond acceptors (Lipinski definition) is 3. The number of nitrogens with zero attached hydrogens (tertiary/aromatic N) is 2. The van der Waals surface area contributed by atoms with Gasteiger partial charge in [-0.25, -0.2) is 4.98 Å². The third-order valence-electron chi connectivity index (χ3n) is 4.90. The Hall–Kier alpha value is -1.58. The average Bonchev–Trinajstić information content (AvgIpc) is 2.79. The number of aromatic nitrogens is 1. The number of carbonyl (C=O) groups excluding carboxylic acids is 1. The van der Waals surface area contributed by atoms with E-state index in [0.717, 1.165) is 23.5 Å². The Morgan fingerprint density at radius 1 is 1.37 bits per heavy atom. The van der Waals surface area contributed by atoms with Gasteiger partial charge < -0.3 is 10.2 Å². The number of rotatable bonds is 0. The molecule has 0 bridgehead atoms. The van der Waals surface area contributed by atoms with Crippen molar-refractivity contribution in [1.82, 2.24) is 4.98 Å². The average molecular weight is 257 g/mol. The van der Waals surface area contributed by atoms with Gasteiger partial charge in [0.25, 0.3) is 0 Å². The van der Waals surface area contributed by atoms with Crippen molar-refractivity contribution >= 4 is 17.4 Å². The molecule has 1 amide bonds. The van der Waals surface area contributed by atoms with Gasteiger partial charge in [0.15, 0.2) is 5.82 Å². The van der Waals surface area contributed by atoms with Crippen LogP contribution in [0.25, 0.3) is 0 Å². The normalized spacial score (nSPS) is 32.4. The first kappa shape index (κ1) is 11.3. The SMILES string of the molecule is Cc1cnc2c(c1)NC(=O)C1CC3CCCCC3N21. The van der Waals surface area contributed by atoms with Crippen molar-refractivity contribution < 1.29 is 4.79 Å². The summed E-state index contributed by atoms with van der Waals surface area (Å²) in [6.07, 6.45) is 8.00. The van der Waals surface area contributed by atoms with Crippen LogP contribution in [0.1, 0.15) is 37.7 Å². The highest BCUT2D eigenvalue weighted by Gasteiger charge is 2.48. The van der Waals surface area contributed by atoms with E-state index < -0.39 is 0 Å². The molecule has 2 aliphatic heterocycles. The minimum Gasteiger partial charge on any atom is -0.340 e. The van der Waals surface area contributed by atoms with Crippen molar-refractivity contribution in [1.29, 1.82) is 0 Å². The molecule has 1 saturated carbocycles. The summed E-state index contributed by atoms with van der Waals surface area (Å²) in [4.78, 5) is 19.2. The van der Waals surface area contributed by atoms with Gasteiger partial charge in [-0.15, -0.1) is 0 Å². The molecule has 0 radical (unpaired) electrons. The van der Waals surface area contributed by atoms with Crippen molar-refractivity contribution in [3.05, 3.63) is 17.8 Å². The van der Waals surface area contributed by atoms with Gasteiger partial charge in [0.05, 0.1) is 5.69 Å². The molecular formula is C15H19N3O. The second kappa shape index (κ2) is 3.95. The number of fused-ring (bicyclic) bond motifs is 5. The third kappa shape index (κ3) is 1.58. The summed E-state index contributed by atoms with van der Waals surface area (Å²) >= 11 is 0. The molecule has 4 heteroatoms. The van der Waals surface area contributed by atoms with Crippen LogP contribution in [-0.4, -0.2) is 23.0 Å². The molecular weight excluding hydrogens is 238 g/mol. The molecule has 4 nitrogen and oxygen atoms in total. The monoisotopic (exact) mass is 257 g/mol. The van der Waals surface area contributed by atoms with Crippen LogP contribution in [0.5, 0.6) is 0 Å². The number of carbonyl (C=O) groups is 1. The van der Waals surface area contributed by atoms with Crippen molar-refractivity contribution in [2.75, 3.05) is 10.2 Å². The summed E-state index contributed by atoms with van der Waals surface area (Å²) in [5.74, 6) is 1.83. The Kier molecular flexibility index (Phi) is 2.34. The molecule has 1 aromatic heterocycles. The summed E-state index contributed by atoms with van der Waals surface area (Å²) in [5, 5.41) is 3.04. The number of amides is 1. The van der Waals surface area contributed by atoms with E-state index >= 15 is 0 Å². The van der Waals surface area contributed by atoms with Gasteiger partial charge in [0.2, 0.25) is 5.91 Å². The number of aryl methyl sites for hydroxylation is 1. The fourth-order valence-corrected chi connectivity index (χ4v) is 4.07. The topological polar surface area (TPSA) is 45.2 Å². The summed E-state index contributed by atoms with van der Waals surface area (Å²) in [5.41, 5.74) is 1.99. The van der Waals surface area contributed by atoms with Crippen LogP contribution in [-0.2, 0) is 4.79 Å². The summed E-state index contributed by atoms with van der Waals surface area (Å²) < 4.78 is 0. The van der Waals surface area contributed by atoms with Crippen molar-refractivity contribution in [3.8, 4) is 0 Å². The lowest BCUT2D eigenvalue weighted by atomic mass is 9.85. The van der Waals surface area contributed by atoms with Crippen LogP contribution in [0.15, 0.2) is 12.3 Å². The van der Waals surface area contributed by atoms with Gasteiger partial charge in [-0.2, -0.15) is 0 Å². The van der Waals surface area contributed by atoms with Gasteiger partial charge in [-0.05, 0) is 43.7 Å². The van der Waals surface area contributed by atoms with Crippen LogP contribution in [0.3, 0.4) is 0 Å². The summed E-state index contributed by atoms with van der Waals surface area (Å²) in [6.45, 7) is 2.01. The quantitative estimate of drug-likeness (QED) is 0.776. The van der Waals surface area contributed by atoms with Crippen molar-refractivity contribution in [2.24, 2.45) is 5.92 Å². The highest BCUT2D eigenvalue weighted by atomic mass is 16.2. The van der Waals surface area contributed by atoms with Gasteiger partial charge in [0, 0.05) is 12.2 Å². The Balaban J connectivity index is 1.80.